The molecule has 0 saturated heterocycles. The first-order chi connectivity index (χ1) is 16.4. The average molecular weight is 480 g/mol. The van der Waals surface area contributed by atoms with Gasteiger partial charge in [-0.25, -0.2) is 0 Å². The Bertz CT molecular complexity index is 1280. The van der Waals surface area contributed by atoms with Crippen LogP contribution in [0.5, 0.6) is 11.5 Å². The van der Waals surface area contributed by atoms with E-state index in [-0.39, 0.29) is 24.6 Å². The van der Waals surface area contributed by atoms with Crippen LogP contribution in [0, 0.1) is 5.92 Å². The monoisotopic (exact) mass is 479 g/mol. The molecule has 2 aliphatic heterocycles. The standard InChI is InChI=1S/C26H29N3O4S/c1-16-5-3-4-6-18(16)27-25(31)26(2)14-28-19-9-10-34-23(19)12-20(28)24(30)29(26)13-17-7-8-21-22(11-17)33-15-32-21/h7-12,16,18H,3-6,13-15H2,1-2H3,(H,27,31). The Morgan fingerprint density at radius 1 is 1.18 bits per heavy atom. The van der Waals surface area contributed by atoms with E-state index in [1.807, 2.05) is 47.2 Å². The van der Waals surface area contributed by atoms with Gasteiger partial charge in [-0.05, 0) is 60.9 Å². The largest absolute Gasteiger partial charge is 0.454 e. The molecule has 3 aromatic rings. The summed E-state index contributed by atoms with van der Waals surface area (Å²) < 4.78 is 14.1. The first-order valence-electron chi connectivity index (χ1n) is 12.0. The summed E-state index contributed by atoms with van der Waals surface area (Å²) in [6, 6.07) is 9.85. The number of rotatable bonds is 4. The lowest BCUT2D eigenvalue weighted by Gasteiger charge is -2.45. The summed E-state index contributed by atoms with van der Waals surface area (Å²) in [6.45, 7) is 5.05. The Labute approximate surface area is 202 Å². The number of carbonyl (C=O) groups is 2. The Kier molecular flexibility index (Phi) is 5.09. The van der Waals surface area contributed by atoms with Crippen LogP contribution in [0.1, 0.15) is 55.6 Å². The molecule has 34 heavy (non-hydrogen) atoms. The summed E-state index contributed by atoms with van der Waals surface area (Å²) >= 11 is 1.62. The zero-order valence-corrected chi connectivity index (χ0v) is 20.3. The molecular weight excluding hydrogens is 450 g/mol. The Hall–Kier alpha value is -3.00. The molecule has 0 spiro atoms. The van der Waals surface area contributed by atoms with E-state index in [4.69, 9.17) is 9.47 Å². The molecule has 1 aromatic carbocycles. The summed E-state index contributed by atoms with van der Waals surface area (Å²) in [4.78, 5) is 29.5. The quantitative estimate of drug-likeness (QED) is 0.596. The first-order valence-corrected chi connectivity index (χ1v) is 12.9. The molecule has 2 amide bonds. The van der Waals surface area contributed by atoms with E-state index >= 15 is 0 Å². The Morgan fingerprint density at radius 3 is 2.85 bits per heavy atom. The van der Waals surface area contributed by atoms with Gasteiger partial charge in [0.1, 0.15) is 11.2 Å². The van der Waals surface area contributed by atoms with E-state index in [9.17, 15) is 9.59 Å². The third kappa shape index (κ3) is 3.38. The number of hydrogen-bond donors (Lipinski definition) is 1. The molecule has 7 nitrogen and oxygen atoms in total. The predicted molar refractivity (Wildman–Crippen MR) is 130 cm³/mol. The lowest BCUT2D eigenvalue weighted by Crippen LogP contribution is -2.65. The van der Waals surface area contributed by atoms with Crippen LogP contribution in [0.3, 0.4) is 0 Å². The number of nitrogens with one attached hydrogen (secondary N) is 1. The topological polar surface area (TPSA) is 72.8 Å². The molecule has 1 N–H and O–H groups in total. The van der Waals surface area contributed by atoms with E-state index in [2.05, 4.69) is 12.2 Å². The van der Waals surface area contributed by atoms with E-state index in [1.165, 1.54) is 6.42 Å². The Morgan fingerprint density at radius 2 is 2.00 bits per heavy atom. The van der Waals surface area contributed by atoms with Crippen molar-refractivity contribution in [2.75, 3.05) is 6.79 Å². The zero-order valence-electron chi connectivity index (χ0n) is 19.5. The number of nitrogens with zero attached hydrogens (tertiary/aromatic N) is 2. The second kappa shape index (κ2) is 8.05. The highest BCUT2D eigenvalue weighted by molar-refractivity contribution is 7.17. The SMILES string of the molecule is CC1CCCCC1NC(=O)C1(C)Cn2c(cc3sccc32)C(=O)N1Cc1ccc2c(c1)OCO2. The highest BCUT2D eigenvalue weighted by Crippen LogP contribution is 2.38. The van der Waals surface area contributed by atoms with Gasteiger partial charge in [0.05, 0.1) is 16.8 Å². The smallest absolute Gasteiger partial charge is 0.271 e. The molecule has 2 aromatic heterocycles. The molecule has 3 atom stereocenters. The molecule has 3 aliphatic rings. The molecule has 8 heteroatoms. The van der Waals surface area contributed by atoms with Gasteiger partial charge in [0.2, 0.25) is 12.7 Å². The van der Waals surface area contributed by atoms with Gasteiger partial charge < -0.3 is 24.3 Å². The molecule has 0 bridgehead atoms. The van der Waals surface area contributed by atoms with Gasteiger partial charge in [-0.3, -0.25) is 9.59 Å². The number of aromatic nitrogens is 1. The van der Waals surface area contributed by atoms with Crippen LogP contribution in [0.25, 0.3) is 10.2 Å². The number of carbonyl (C=O) groups excluding carboxylic acids is 2. The molecule has 1 saturated carbocycles. The number of benzene rings is 1. The van der Waals surface area contributed by atoms with Crippen molar-refractivity contribution < 1.29 is 19.1 Å². The van der Waals surface area contributed by atoms with Crippen LogP contribution in [-0.2, 0) is 17.9 Å². The third-order valence-electron chi connectivity index (χ3n) is 7.74. The van der Waals surface area contributed by atoms with Crippen LogP contribution >= 0.6 is 11.3 Å². The highest BCUT2D eigenvalue weighted by atomic mass is 32.1. The zero-order chi connectivity index (χ0) is 23.4. The molecule has 1 fully saturated rings. The van der Waals surface area contributed by atoms with E-state index < -0.39 is 5.54 Å². The summed E-state index contributed by atoms with van der Waals surface area (Å²) in [5.74, 6) is 1.61. The van der Waals surface area contributed by atoms with E-state index in [1.54, 1.807) is 16.2 Å². The second-order valence-corrected chi connectivity index (χ2v) is 10.9. The van der Waals surface area contributed by atoms with Gasteiger partial charge in [-0.2, -0.15) is 0 Å². The molecule has 178 valence electrons. The van der Waals surface area contributed by atoms with E-state index in [0.717, 1.165) is 35.0 Å². The van der Waals surface area contributed by atoms with Crippen LogP contribution < -0.4 is 14.8 Å². The lowest BCUT2D eigenvalue weighted by atomic mass is 9.85. The van der Waals surface area contributed by atoms with Crippen molar-refractivity contribution in [3.05, 3.63) is 47.0 Å². The van der Waals surface area contributed by atoms with Crippen molar-refractivity contribution in [3.8, 4) is 11.5 Å². The minimum absolute atomic E-state index is 0.0805. The van der Waals surface area contributed by atoms with Crippen LogP contribution in [0.4, 0.5) is 0 Å². The molecule has 1 aliphatic carbocycles. The number of hydrogen-bond acceptors (Lipinski definition) is 5. The average Bonchev–Trinajstić information content (AvgIpc) is 3.55. The summed E-state index contributed by atoms with van der Waals surface area (Å²) in [7, 11) is 0. The van der Waals surface area contributed by atoms with Crippen molar-refractivity contribution >= 4 is 33.4 Å². The lowest BCUT2D eigenvalue weighted by molar-refractivity contribution is -0.134. The fourth-order valence-corrected chi connectivity index (χ4v) is 6.42. The maximum atomic E-state index is 13.9. The summed E-state index contributed by atoms with van der Waals surface area (Å²) in [5.41, 5.74) is 1.54. The van der Waals surface area contributed by atoms with Gasteiger partial charge in [-0.15, -0.1) is 11.3 Å². The number of ether oxygens (including phenoxy) is 2. The Balaban J connectivity index is 1.37. The number of fused-ring (bicyclic) bond motifs is 4. The second-order valence-electron chi connectivity index (χ2n) is 9.98. The fraction of sp³-hybridized carbons (Fsp3) is 0.462. The molecule has 6 rings (SSSR count). The maximum absolute atomic E-state index is 13.9. The minimum atomic E-state index is -1.02. The third-order valence-corrected chi connectivity index (χ3v) is 8.60. The predicted octanol–water partition coefficient (Wildman–Crippen LogP) is 4.54. The molecule has 4 heterocycles. The fourth-order valence-electron chi connectivity index (χ4n) is 5.60. The van der Waals surface area contributed by atoms with Crippen molar-refractivity contribution in [2.24, 2.45) is 5.92 Å². The van der Waals surface area contributed by atoms with Crippen molar-refractivity contribution in [2.45, 2.75) is 64.2 Å². The van der Waals surface area contributed by atoms with Gasteiger partial charge in [0, 0.05) is 12.6 Å². The number of amides is 2. The number of thiophene rings is 1. The van der Waals surface area contributed by atoms with Crippen LogP contribution in [0.2, 0.25) is 0 Å². The van der Waals surface area contributed by atoms with Gasteiger partial charge >= 0.3 is 0 Å². The van der Waals surface area contributed by atoms with E-state index in [0.29, 0.717) is 36.2 Å². The summed E-state index contributed by atoms with van der Waals surface area (Å²) in [5, 5.41) is 5.36. The van der Waals surface area contributed by atoms with Crippen LogP contribution in [0.15, 0.2) is 35.7 Å². The molecular formula is C26H29N3O4S. The first kappa shape index (κ1) is 21.5. The van der Waals surface area contributed by atoms with Crippen molar-refractivity contribution in [3.63, 3.8) is 0 Å². The van der Waals surface area contributed by atoms with Crippen molar-refractivity contribution in [1.82, 2.24) is 14.8 Å². The maximum Gasteiger partial charge on any atom is 0.271 e. The van der Waals surface area contributed by atoms with Crippen molar-refractivity contribution in [1.29, 1.82) is 0 Å². The van der Waals surface area contributed by atoms with Gasteiger partial charge in [0.25, 0.3) is 5.91 Å². The summed E-state index contributed by atoms with van der Waals surface area (Å²) in [6.07, 6.45) is 4.45. The highest BCUT2D eigenvalue weighted by Gasteiger charge is 2.48. The minimum Gasteiger partial charge on any atom is -0.454 e. The van der Waals surface area contributed by atoms with Crippen LogP contribution in [-0.4, -0.2) is 39.7 Å². The van der Waals surface area contributed by atoms with Gasteiger partial charge in [0.15, 0.2) is 11.5 Å². The normalized spacial score (nSPS) is 26.1. The van der Waals surface area contributed by atoms with Gasteiger partial charge in [-0.1, -0.05) is 25.8 Å². The molecule has 3 unspecified atom stereocenters. The molecule has 0 radical (unpaired) electrons.